The van der Waals surface area contributed by atoms with E-state index in [1.165, 1.54) is 0 Å². The van der Waals surface area contributed by atoms with Crippen molar-refractivity contribution in [3.8, 4) is 6.07 Å². The van der Waals surface area contributed by atoms with Crippen LogP contribution in [-0.4, -0.2) is 23.9 Å². The molecule has 0 radical (unpaired) electrons. The number of carbonyl (C=O) groups excluding carboxylic acids is 1. The van der Waals surface area contributed by atoms with Crippen molar-refractivity contribution < 1.29 is 4.79 Å². The molecule has 0 N–H and O–H groups in total. The highest BCUT2D eigenvalue weighted by Crippen LogP contribution is 2.18. The number of amides is 1. The zero-order valence-corrected chi connectivity index (χ0v) is 9.70. The van der Waals surface area contributed by atoms with Crippen molar-refractivity contribution >= 4 is 5.91 Å². The van der Waals surface area contributed by atoms with Crippen molar-refractivity contribution in [3.05, 3.63) is 0 Å². The SMILES string of the molecule is CCC(C)CC(=O)N1CCCC(C#N)C1. The number of carbonyl (C=O) groups is 1. The van der Waals surface area contributed by atoms with Gasteiger partial charge in [0.25, 0.3) is 0 Å². The van der Waals surface area contributed by atoms with Gasteiger partial charge in [-0.1, -0.05) is 20.3 Å². The van der Waals surface area contributed by atoms with Crippen LogP contribution in [0.15, 0.2) is 0 Å². The molecule has 0 aliphatic carbocycles. The van der Waals surface area contributed by atoms with Crippen molar-refractivity contribution in [3.63, 3.8) is 0 Å². The maximum Gasteiger partial charge on any atom is 0.222 e. The van der Waals surface area contributed by atoms with Crippen LogP contribution in [0.4, 0.5) is 0 Å². The highest BCUT2D eigenvalue weighted by molar-refractivity contribution is 5.76. The topological polar surface area (TPSA) is 44.1 Å². The molecule has 3 heteroatoms. The first-order valence-electron chi connectivity index (χ1n) is 5.84. The second-order valence-electron chi connectivity index (χ2n) is 4.53. The first-order valence-corrected chi connectivity index (χ1v) is 5.84. The predicted octanol–water partition coefficient (Wildman–Crippen LogP) is 2.18. The fraction of sp³-hybridized carbons (Fsp3) is 0.833. The largest absolute Gasteiger partial charge is 0.341 e. The third-order valence-corrected chi connectivity index (χ3v) is 3.18. The molecule has 1 amide bonds. The Morgan fingerprint density at radius 1 is 1.67 bits per heavy atom. The van der Waals surface area contributed by atoms with Gasteiger partial charge in [0, 0.05) is 19.5 Å². The van der Waals surface area contributed by atoms with Crippen LogP contribution in [0, 0.1) is 23.2 Å². The lowest BCUT2D eigenvalue weighted by Gasteiger charge is -2.30. The van der Waals surface area contributed by atoms with E-state index in [4.69, 9.17) is 5.26 Å². The van der Waals surface area contributed by atoms with Gasteiger partial charge in [0.15, 0.2) is 0 Å². The number of likely N-dealkylation sites (tertiary alicyclic amines) is 1. The van der Waals surface area contributed by atoms with Crippen LogP contribution in [0.3, 0.4) is 0 Å². The minimum Gasteiger partial charge on any atom is -0.341 e. The first-order chi connectivity index (χ1) is 7.17. The Hall–Kier alpha value is -1.04. The van der Waals surface area contributed by atoms with E-state index in [0.29, 0.717) is 18.9 Å². The lowest BCUT2D eigenvalue weighted by molar-refractivity contribution is -0.133. The van der Waals surface area contributed by atoms with Crippen molar-refractivity contribution in [2.75, 3.05) is 13.1 Å². The molecule has 0 saturated carbocycles. The lowest BCUT2D eigenvalue weighted by atomic mass is 9.98. The molecule has 2 unspecified atom stereocenters. The van der Waals surface area contributed by atoms with Crippen molar-refractivity contribution in [1.29, 1.82) is 5.26 Å². The summed E-state index contributed by atoms with van der Waals surface area (Å²) in [5.41, 5.74) is 0. The molecule has 2 atom stereocenters. The summed E-state index contributed by atoms with van der Waals surface area (Å²) in [5.74, 6) is 0.740. The molecule has 0 aromatic heterocycles. The van der Waals surface area contributed by atoms with E-state index < -0.39 is 0 Å². The maximum absolute atomic E-state index is 11.8. The maximum atomic E-state index is 11.8. The molecule has 0 spiro atoms. The molecule has 1 aliphatic heterocycles. The normalized spacial score (nSPS) is 23.3. The summed E-state index contributed by atoms with van der Waals surface area (Å²) in [4.78, 5) is 13.7. The number of hydrogen-bond donors (Lipinski definition) is 0. The summed E-state index contributed by atoms with van der Waals surface area (Å²) in [6, 6.07) is 2.26. The first kappa shape index (κ1) is 12.0. The van der Waals surface area contributed by atoms with Crippen LogP contribution in [0.25, 0.3) is 0 Å². The second kappa shape index (κ2) is 5.75. The van der Waals surface area contributed by atoms with E-state index in [9.17, 15) is 4.79 Å². The van der Waals surface area contributed by atoms with E-state index in [0.717, 1.165) is 25.8 Å². The van der Waals surface area contributed by atoms with Crippen LogP contribution in [-0.2, 0) is 4.79 Å². The number of rotatable bonds is 3. The van der Waals surface area contributed by atoms with Crippen LogP contribution in [0.1, 0.15) is 39.5 Å². The van der Waals surface area contributed by atoms with Gasteiger partial charge in [-0.05, 0) is 18.8 Å². The number of piperidine rings is 1. The fourth-order valence-electron chi connectivity index (χ4n) is 1.88. The molecule has 1 heterocycles. The highest BCUT2D eigenvalue weighted by atomic mass is 16.2. The number of nitriles is 1. The molecular formula is C12H20N2O. The van der Waals surface area contributed by atoms with Gasteiger partial charge in [0.2, 0.25) is 5.91 Å². The highest BCUT2D eigenvalue weighted by Gasteiger charge is 2.23. The molecule has 0 aromatic rings. The number of nitrogens with zero attached hydrogens (tertiary/aromatic N) is 2. The van der Waals surface area contributed by atoms with Gasteiger partial charge in [-0.3, -0.25) is 4.79 Å². The number of hydrogen-bond acceptors (Lipinski definition) is 2. The zero-order chi connectivity index (χ0) is 11.3. The molecular weight excluding hydrogens is 188 g/mol. The molecule has 3 nitrogen and oxygen atoms in total. The van der Waals surface area contributed by atoms with E-state index in [2.05, 4.69) is 19.9 Å². The van der Waals surface area contributed by atoms with Gasteiger partial charge in [-0.2, -0.15) is 5.26 Å². The van der Waals surface area contributed by atoms with Crippen molar-refractivity contribution in [2.45, 2.75) is 39.5 Å². The lowest BCUT2D eigenvalue weighted by Crippen LogP contribution is -2.40. The summed E-state index contributed by atoms with van der Waals surface area (Å²) in [7, 11) is 0. The minimum absolute atomic E-state index is 0.0552. The van der Waals surface area contributed by atoms with Gasteiger partial charge < -0.3 is 4.90 Å². The van der Waals surface area contributed by atoms with E-state index in [1.807, 2.05) is 4.90 Å². The Morgan fingerprint density at radius 2 is 2.40 bits per heavy atom. The standard InChI is InChI=1S/C12H20N2O/c1-3-10(2)7-12(15)14-6-4-5-11(8-13)9-14/h10-11H,3-7,9H2,1-2H3. The summed E-state index contributed by atoms with van der Waals surface area (Å²) >= 11 is 0. The monoisotopic (exact) mass is 208 g/mol. The van der Waals surface area contributed by atoms with Gasteiger partial charge in [-0.15, -0.1) is 0 Å². The average molecular weight is 208 g/mol. The van der Waals surface area contributed by atoms with Crippen LogP contribution in [0.5, 0.6) is 0 Å². The van der Waals surface area contributed by atoms with E-state index >= 15 is 0 Å². The Labute approximate surface area is 92.1 Å². The summed E-state index contributed by atoms with van der Waals surface area (Å²) in [6.45, 7) is 5.69. The third kappa shape index (κ3) is 3.54. The molecule has 1 aliphatic rings. The fourth-order valence-corrected chi connectivity index (χ4v) is 1.88. The van der Waals surface area contributed by atoms with Gasteiger partial charge in [0.05, 0.1) is 12.0 Å². The Bertz CT molecular complexity index is 257. The van der Waals surface area contributed by atoms with Crippen molar-refractivity contribution in [2.24, 2.45) is 11.8 Å². The van der Waals surface area contributed by atoms with Gasteiger partial charge in [-0.25, -0.2) is 0 Å². The van der Waals surface area contributed by atoms with Gasteiger partial charge in [0.1, 0.15) is 0 Å². The predicted molar refractivity (Wildman–Crippen MR) is 59.0 cm³/mol. The van der Waals surface area contributed by atoms with E-state index in [1.54, 1.807) is 0 Å². The van der Waals surface area contributed by atoms with Crippen LogP contribution < -0.4 is 0 Å². The van der Waals surface area contributed by atoms with E-state index in [-0.39, 0.29) is 11.8 Å². The van der Waals surface area contributed by atoms with Crippen LogP contribution in [0.2, 0.25) is 0 Å². The second-order valence-corrected chi connectivity index (χ2v) is 4.53. The van der Waals surface area contributed by atoms with Crippen molar-refractivity contribution in [1.82, 2.24) is 4.90 Å². The van der Waals surface area contributed by atoms with Gasteiger partial charge >= 0.3 is 0 Å². The Balaban J connectivity index is 2.42. The molecule has 15 heavy (non-hydrogen) atoms. The third-order valence-electron chi connectivity index (χ3n) is 3.18. The molecule has 0 aromatic carbocycles. The van der Waals surface area contributed by atoms with Crippen LogP contribution >= 0.6 is 0 Å². The molecule has 1 saturated heterocycles. The zero-order valence-electron chi connectivity index (χ0n) is 9.70. The molecule has 0 bridgehead atoms. The molecule has 1 rings (SSSR count). The smallest absolute Gasteiger partial charge is 0.222 e. The Morgan fingerprint density at radius 3 is 3.00 bits per heavy atom. The quantitative estimate of drug-likeness (QED) is 0.713. The summed E-state index contributed by atoms with van der Waals surface area (Å²) < 4.78 is 0. The average Bonchev–Trinajstić information content (AvgIpc) is 2.28. The minimum atomic E-state index is 0.0552. The summed E-state index contributed by atoms with van der Waals surface area (Å²) in [6.07, 6.45) is 3.60. The molecule has 1 fully saturated rings. The molecule has 84 valence electrons. The Kier molecular flexibility index (Phi) is 4.61. The summed E-state index contributed by atoms with van der Waals surface area (Å²) in [5, 5.41) is 8.83.